The number of anilines is 1. The third kappa shape index (κ3) is 4.89. The van der Waals surface area contributed by atoms with E-state index < -0.39 is 10.0 Å². The van der Waals surface area contributed by atoms with Crippen LogP contribution in [0.1, 0.15) is 23.6 Å². The fourth-order valence-corrected chi connectivity index (χ4v) is 4.56. The van der Waals surface area contributed by atoms with Gasteiger partial charge >= 0.3 is 0 Å². The maximum absolute atomic E-state index is 11.7. The molecular formula is C25H27N3O6S. The van der Waals surface area contributed by atoms with Crippen LogP contribution < -0.4 is 29.1 Å². The van der Waals surface area contributed by atoms with E-state index in [0.717, 1.165) is 28.3 Å². The van der Waals surface area contributed by atoms with Gasteiger partial charge in [0.15, 0.2) is 11.5 Å². The maximum atomic E-state index is 11.7. The van der Waals surface area contributed by atoms with Crippen molar-refractivity contribution in [2.45, 2.75) is 17.4 Å². The van der Waals surface area contributed by atoms with Gasteiger partial charge in [0.05, 0.1) is 50.8 Å². The van der Waals surface area contributed by atoms with E-state index in [1.54, 1.807) is 40.6 Å². The second-order valence-corrected chi connectivity index (χ2v) is 9.40. The summed E-state index contributed by atoms with van der Waals surface area (Å²) in [5.41, 5.74) is 3.37. The molecule has 3 aromatic rings. The Hall–Kier alpha value is -3.76. The smallest absolute Gasteiger partial charge is 0.238 e. The highest BCUT2D eigenvalue weighted by atomic mass is 32.2. The van der Waals surface area contributed by atoms with Gasteiger partial charge < -0.3 is 18.9 Å². The predicted molar refractivity (Wildman–Crippen MR) is 133 cm³/mol. The van der Waals surface area contributed by atoms with Crippen LogP contribution in [0.4, 0.5) is 5.69 Å². The molecule has 9 nitrogen and oxygen atoms in total. The van der Waals surface area contributed by atoms with Gasteiger partial charge in [0, 0.05) is 12.0 Å². The minimum atomic E-state index is -3.80. The lowest BCUT2D eigenvalue weighted by molar-refractivity contribution is 0.324. The van der Waals surface area contributed by atoms with E-state index in [-0.39, 0.29) is 10.9 Å². The number of nitrogens with two attached hydrogens (primary N) is 1. The van der Waals surface area contributed by atoms with Crippen molar-refractivity contribution < 1.29 is 27.4 Å². The fraction of sp³-hybridized carbons (Fsp3) is 0.240. The number of ether oxygens (including phenoxy) is 4. The van der Waals surface area contributed by atoms with Gasteiger partial charge in [-0.1, -0.05) is 12.1 Å². The highest BCUT2D eigenvalue weighted by Gasteiger charge is 2.31. The van der Waals surface area contributed by atoms with Gasteiger partial charge in [-0.2, -0.15) is 5.10 Å². The Kier molecular flexibility index (Phi) is 6.86. The van der Waals surface area contributed by atoms with Crippen LogP contribution in [0.15, 0.2) is 70.7 Å². The van der Waals surface area contributed by atoms with Crippen molar-refractivity contribution in [2.24, 2.45) is 10.2 Å². The highest BCUT2D eigenvalue weighted by Crippen LogP contribution is 2.42. The molecule has 0 bridgehead atoms. The topological polar surface area (TPSA) is 113 Å². The number of nitrogens with zero attached hydrogens (tertiary/aromatic N) is 2. The van der Waals surface area contributed by atoms with E-state index in [9.17, 15) is 8.42 Å². The SMILES string of the molecule is COc1ccc(C2CC(c3cc(OC)c(OC)c(OC)c3)=NN2c2ccc(S(N)(=O)=O)cc2)cc1. The van der Waals surface area contributed by atoms with Crippen molar-refractivity contribution >= 4 is 21.4 Å². The molecule has 184 valence electrons. The Morgan fingerprint density at radius 3 is 1.94 bits per heavy atom. The third-order valence-corrected chi connectivity index (χ3v) is 6.77. The lowest BCUT2D eigenvalue weighted by Crippen LogP contribution is -2.19. The number of primary sulfonamides is 1. The van der Waals surface area contributed by atoms with E-state index in [4.69, 9.17) is 29.2 Å². The number of hydrogen-bond donors (Lipinski definition) is 1. The third-order valence-electron chi connectivity index (χ3n) is 5.84. The lowest BCUT2D eigenvalue weighted by Gasteiger charge is -2.24. The summed E-state index contributed by atoms with van der Waals surface area (Å²) >= 11 is 0. The zero-order chi connectivity index (χ0) is 25.2. The van der Waals surface area contributed by atoms with E-state index in [1.165, 1.54) is 12.1 Å². The number of hydrazone groups is 1. The van der Waals surface area contributed by atoms with Gasteiger partial charge in [0.1, 0.15) is 5.75 Å². The van der Waals surface area contributed by atoms with Crippen molar-refractivity contribution in [3.05, 3.63) is 71.8 Å². The molecule has 0 saturated carbocycles. The molecule has 2 N–H and O–H groups in total. The average Bonchev–Trinajstić information content (AvgIpc) is 3.33. The summed E-state index contributed by atoms with van der Waals surface area (Å²) in [4.78, 5) is 0.0373. The molecule has 0 spiro atoms. The molecule has 1 unspecified atom stereocenters. The van der Waals surface area contributed by atoms with Gasteiger partial charge in [-0.05, 0) is 54.1 Å². The Morgan fingerprint density at radius 1 is 0.857 bits per heavy atom. The number of hydrogen-bond acceptors (Lipinski definition) is 8. The molecule has 35 heavy (non-hydrogen) atoms. The van der Waals surface area contributed by atoms with Gasteiger partial charge in [0.25, 0.3) is 0 Å². The molecule has 3 aromatic carbocycles. The fourth-order valence-electron chi connectivity index (χ4n) is 4.04. The second kappa shape index (κ2) is 9.85. The van der Waals surface area contributed by atoms with Gasteiger partial charge in [-0.15, -0.1) is 0 Å². The first-order valence-electron chi connectivity index (χ1n) is 10.7. The molecule has 0 amide bonds. The zero-order valence-electron chi connectivity index (χ0n) is 19.9. The Labute approximate surface area is 204 Å². The summed E-state index contributed by atoms with van der Waals surface area (Å²) in [6, 6.07) is 17.7. The molecule has 1 atom stereocenters. The molecule has 10 heteroatoms. The summed E-state index contributed by atoms with van der Waals surface area (Å²) in [7, 11) is 2.51. The van der Waals surface area contributed by atoms with Gasteiger partial charge in [-0.25, -0.2) is 13.6 Å². The number of rotatable bonds is 8. The zero-order valence-corrected chi connectivity index (χ0v) is 20.7. The second-order valence-electron chi connectivity index (χ2n) is 7.84. The normalized spacial score (nSPS) is 15.5. The van der Waals surface area contributed by atoms with Crippen LogP contribution in [0, 0.1) is 0 Å². The van der Waals surface area contributed by atoms with Crippen LogP contribution in [0.25, 0.3) is 0 Å². The molecule has 0 aliphatic carbocycles. The quantitative estimate of drug-likeness (QED) is 0.505. The van der Waals surface area contributed by atoms with E-state index in [2.05, 4.69) is 0 Å². The summed E-state index contributed by atoms with van der Waals surface area (Å²) < 4.78 is 45.2. The Bertz CT molecular complexity index is 1310. The summed E-state index contributed by atoms with van der Waals surface area (Å²) in [6.07, 6.45) is 0.585. The Morgan fingerprint density at radius 2 is 1.46 bits per heavy atom. The van der Waals surface area contributed by atoms with Crippen molar-refractivity contribution in [3.63, 3.8) is 0 Å². The van der Waals surface area contributed by atoms with Crippen molar-refractivity contribution in [1.29, 1.82) is 0 Å². The molecule has 0 saturated heterocycles. The number of sulfonamides is 1. The Balaban J connectivity index is 1.79. The van der Waals surface area contributed by atoms with Crippen molar-refractivity contribution in [2.75, 3.05) is 33.4 Å². The molecule has 1 aliphatic rings. The predicted octanol–water partition coefficient (Wildman–Crippen LogP) is 3.72. The van der Waals surface area contributed by atoms with Crippen LogP contribution in [-0.4, -0.2) is 42.6 Å². The van der Waals surface area contributed by atoms with Gasteiger partial charge in [-0.3, -0.25) is 5.01 Å². The van der Waals surface area contributed by atoms with Crippen LogP contribution in [0.3, 0.4) is 0 Å². The standard InChI is InChI=1S/C25H27N3O6S/c1-31-19-9-5-16(6-10-19)22-15-21(17-13-23(32-2)25(34-4)24(14-17)33-3)27-28(22)18-7-11-20(12-8-18)35(26,29)30/h5-14,22H,15H2,1-4H3,(H2,26,29,30). The monoisotopic (exact) mass is 497 g/mol. The molecule has 1 aliphatic heterocycles. The largest absolute Gasteiger partial charge is 0.497 e. The van der Waals surface area contributed by atoms with Crippen molar-refractivity contribution in [3.8, 4) is 23.0 Å². The van der Waals surface area contributed by atoms with E-state index >= 15 is 0 Å². The first-order chi connectivity index (χ1) is 16.8. The van der Waals surface area contributed by atoms with Crippen LogP contribution >= 0.6 is 0 Å². The molecular weight excluding hydrogens is 470 g/mol. The molecule has 0 aromatic heterocycles. The van der Waals surface area contributed by atoms with Crippen molar-refractivity contribution in [1.82, 2.24) is 0 Å². The molecule has 4 rings (SSSR count). The summed E-state index contributed by atoms with van der Waals surface area (Å²) in [5, 5.41) is 12.0. The number of methoxy groups -OCH3 is 4. The summed E-state index contributed by atoms with van der Waals surface area (Å²) in [6.45, 7) is 0. The first-order valence-corrected chi connectivity index (χ1v) is 12.3. The minimum absolute atomic E-state index is 0.0373. The molecule has 1 heterocycles. The van der Waals surface area contributed by atoms with Crippen LogP contribution in [0.2, 0.25) is 0 Å². The van der Waals surface area contributed by atoms with Gasteiger partial charge in [0.2, 0.25) is 15.8 Å². The average molecular weight is 498 g/mol. The summed E-state index contributed by atoms with van der Waals surface area (Å²) in [5.74, 6) is 2.31. The molecule has 0 radical (unpaired) electrons. The minimum Gasteiger partial charge on any atom is -0.497 e. The number of benzene rings is 3. The highest BCUT2D eigenvalue weighted by molar-refractivity contribution is 7.89. The lowest BCUT2D eigenvalue weighted by atomic mass is 9.97. The first kappa shape index (κ1) is 24.4. The van der Waals surface area contributed by atoms with Crippen LogP contribution in [0.5, 0.6) is 23.0 Å². The van der Waals surface area contributed by atoms with Crippen LogP contribution in [-0.2, 0) is 10.0 Å². The van der Waals surface area contributed by atoms with E-state index in [0.29, 0.717) is 23.7 Å². The maximum Gasteiger partial charge on any atom is 0.238 e. The van der Waals surface area contributed by atoms with E-state index in [1.807, 2.05) is 41.4 Å². The molecule has 0 fully saturated rings.